The summed E-state index contributed by atoms with van der Waals surface area (Å²) in [7, 11) is 0. The fraction of sp³-hybridized carbons (Fsp3) is 0.562. The van der Waals surface area contributed by atoms with Crippen LogP contribution in [-0.2, 0) is 0 Å². The zero-order chi connectivity index (χ0) is 13.8. The average Bonchev–Trinajstić information content (AvgIpc) is 2.46. The summed E-state index contributed by atoms with van der Waals surface area (Å²) in [6, 6.07) is 8.53. The lowest BCUT2D eigenvalue weighted by molar-refractivity contribution is 0.306. The number of nitrogens with zero attached hydrogens (tertiary/aromatic N) is 2. The number of piperidine rings is 1. The van der Waals surface area contributed by atoms with Gasteiger partial charge in [-0.05, 0) is 43.4 Å². The van der Waals surface area contributed by atoms with Gasteiger partial charge >= 0.3 is 0 Å². The summed E-state index contributed by atoms with van der Waals surface area (Å²) in [5.41, 5.74) is 1.72. The lowest BCUT2D eigenvalue weighted by atomic mass is 9.85. The van der Waals surface area contributed by atoms with Crippen molar-refractivity contribution in [3.63, 3.8) is 0 Å². The molecule has 1 fully saturated rings. The first-order valence-electron chi connectivity index (χ1n) is 7.17. The molecule has 1 aliphatic heterocycles. The van der Waals surface area contributed by atoms with E-state index in [1.807, 2.05) is 18.2 Å². The molecule has 1 aromatic carbocycles. The molecule has 0 saturated carbocycles. The van der Waals surface area contributed by atoms with Crippen molar-refractivity contribution < 1.29 is 0 Å². The standard InChI is InChI=1S/C16H21ClN2/c1-3-12-6-5-9-19(16(12)4-2)14-8-7-13(11-18)15(17)10-14/h7-8,10,12,16H,3-6,9H2,1-2H3. The maximum Gasteiger partial charge on any atom is 0.101 e. The molecule has 1 aromatic rings. The Morgan fingerprint density at radius 3 is 2.74 bits per heavy atom. The highest BCUT2D eigenvalue weighted by Gasteiger charge is 2.29. The lowest BCUT2D eigenvalue weighted by Gasteiger charge is -2.42. The molecule has 0 radical (unpaired) electrons. The molecule has 2 nitrogen and oxygen atoms in total. The van der Waals surface area contributed by atoms with Crippen molar-refractivity contribution in [2.45, 2.75) is 45.6 Å². The summed E-state index contributed by atoms with van der Waals surface area (Å²) >= 11 is 6.16. The highest BCUT2D eigenvalue weighted by Crippen LogP contribution is 2.34. The zero-order valence-electron chi connectivity index (χ0n) is 11.7. The number of halogens is 1. The molecule has 3 heteroatoms. The van der Waals surface area contributed by atoms with Crippen LogP contribution >= 0.6 is 11.6 Å². The SMILES string of the molecule is CCC1CCCN(c2ccc(C#N)c(Cl)c2)C1CC. The Bertz CT molecular complexity index is 478. The number of rotatable bonds is 3. The molecular formula is C16H21ClN2. The fourth-order valence-electron chi connectivity index (χ4n) is 3.26. The molecule has 1 saturated heterocycles. The van der Waals surface area contributed by atoms with Crippen molar-refractivity contribution in [1.29, 1.82) is 5.26 Å². The normalized spacial score (nSPS) is 23.2. The molecule has 0 spiro atoms. The van der Waals surface area contributed by atoms with Crippen molar-refractivity contribution in [3.05, 3.63) is 28.8 Å². The predicted octanol–water partition coefficient (Wildman–Crippen LogP) is 4.62. The summed E-state index contributed by atoms with van der Waals surface area (Å²) in [6.45, 7) is 5.64. The second-order valence-corrected chi connectivity index (χ2v) is 5.66. The molecule has 102 valence electrons. The number of hydrogen-bond donors (Lipinski definition) is 0. The third-order valence-electron chi connectivity index (χ3n) is 4.27. The lowest BCUT2D eigenvalue weighted by Crippen LogP contribution is -2.44. The summed E-state index contributed by atoms with van der Waals surface area (Å²) in [5.74, 6) is 0.771. The Balaban J connectivity index is 2.29. The van der Waals surface area contributed by atoms with Crippen LogP contribution in [0.5, 0.6) is 0 Å². The zero-order valence-corrected chi connectivity index (χ0v) is 12.5. The average molecular weight is 277 g/mol. The van der Waals surface area contributed by atoms with Gasteiger partial charge in [0.1, 0.15) is 6.07 Å². The Hall–Kier alpha value is -1.20. The van der Waals surface area contributed by atoms with E-state index >= 15 is 0 Å². The predicted molar refractivity (Wildman–Crippen MR) is 80.6 cm³/mol. The van der Waals surface area contributed by atoms with Gasteiger partial charge in [-0.1, -0.05) is 31.9 Å². The first kappa shape index (κ1) is 14.2. The molecule has 0 bridgehead atoms. The quantitative estimate of drug-likeness (QED) is 0.806. The molecule has 2 rings (SSSR count). The van der Waals surface area contributed by atoms with Crippen molar-refractivity contribution in [2.75, 3.05) is 11.4 Å². The first-order chi connectivity index (χ1) is 9.21. The van der Waals surface area contributed by atoms with Crippen LogP contribution in [0.15, 0.2) is 18.2 Å². The fourth-order valence-corrected chi connectivity index (χ4v) is 3.48. The largest absolute Gasteiger partial charge is 0.368 e. The summed E-state index contributed by atoms with van der Waals surface area (Å²) in [6.07, 6.45) is 4.97. The van der Waals surface area contributed by atoms with E-state index in [4.69, 9.17) is 16.9 Å². The topological polar surface area (TPSA) is 27.0 Å². The third-order valence-corrected chi connectivity index (χ3v) is 4.58. The highest BCUT2D eigenvalue weighted by molar-refractivity contribution is 6.32. The van der Waals surface area contributed by atoms with E-state index in [0.29, 0.717) is 16.6 Å². The maximum absolute atomic E-state index is 8.95. The van der Waals surface area contributed by atoms with Crippen molar-refractivity contribution >= 4 is 17.3 Å². The van der Waals surface area contributed by atoms with Gasteiger partial charge in [0.15, 0.2) is 0 Å². The van der Waals surface area contributed by atoms with Crippen LogP contribution in [0.4, 0.5) is 5.69 Å². The molecule has 0 aromatic heterocycles. The van der Waals surface area contributed by atoms with Gasteiger partial charge in [0.25, 0.3) is 0 Å². The van der Waals surface area contributed by atoms with Crippen LogP contribution in [0.3, 0.4) is 0 Å². The van der Waals surface area contributed by atoms with Gasteiger partial charge in [0.2, 0.25) is 0 Å². The highest BCUT2D eigenvalue weighted by atomic mass is 35.5. The minimum atomic E-state index is 0.558. The Morgan fingerprint density at radius 2 is 2.16 bits per heavy atom. The van der Waals surface area contributed by atoms with Crippen molar-refractivity contribution in [2.24, 2.45) is 5.92 Å². The van der Waals surface area contributed by atoms with E-state index in [9.17, 15) is 0 Å². The monoisotopic (exact) mass is 276 g/mol. The van der Waals surface area contributed by atoms with Crippen LogP contribution in [-0.4, -0.2) is 12.6 Å². The first-order valence-corrected chi connectivity index (χ1v) is 7.55. The van der Waals surface area contributed by atoms with Gasteiger partial charge in [-0.2, -0.15) is 5.26 Å². The van der Waals surface area contributed by atoms with E-state index in [0.717, 1.165) is 24.6 Å². The van der Waals surface area contributed by atoms with Gasteiger partial charge < -0.3 is 4.90 Å². The van der Waals surface area contributed by atoms with Crippen LogP contribution in [0.1, 0.15) is 45.1 Å². The molecular weight excluding hydrogens is 256 g/mol. The summed E-state index contributed by atoms with van der Waals surface area (Å²) in [5, 5.41) is 9.51. The minimum Gasteiger partial charge on any atom is -0.368 e. The van der Waals surface area contributed by atoms with Crippen molar-refractivity contribution in [3.8, 4) is 6.07 Å². The maximum atomic E-state index is 8.95. The van der Waals surface area contributed by atoms with E-state index in [-0.39, 0.29) is 0 Å². The van der Waals surface area contributed by atoms with Crippen LogP contribution in [0.25, 0.3) is 0 Å². The van der Waals surface area contributed by atoms with Gasteiger partial charge in [0.05, 0.1) is 10.6 Å². The number of hydrogen-bond acceptors (Lipinski definition) is 2. The molecule has 2 unspecified atom stereocenters. The van der Waals surface area contributed by atoms with Crippen LogP contribution in [0.2, 0.25) is 5.02 Å². The number of anilines is 1. The minimum absolute atomic E-state index is 0.558. The van der Waals surface area contributed by atoms with E-state index in [2.05, 4.69) is 24.8 Å². The molecule has 1 aliphatic rings. The molecule has 0 N–H and O–H groups in total. The van der Waals surface area contributed by atoms with Gasteiger partial charge in [-0.15, -0.1) is 0 Å². The van der Waals surface area contributed by atoms with Gasteiger partial charge in [-0.25, -0.2) is 0 Å². The Kier molecular flexibility index (Phi) is 4.71. The second-order valence-electron chi connectivity index (χ2n) is 5.26. The second kappa shape index (κ2) is 6.30. The molecule has 0 aliphatic carbocycles. The van der Waals surface area contributed by atoms with Crippen LogP contribution < -0.4 is 4.90 Å². The van der Waals surface area contributed by atoms with E-state index in [1.54, 1.807) is 0 Å². The van der Waals surface area contributed by atoms with E-state index < -0.39 is 0 Å². The Labute approximate surface area is 121 Å². The van der Waals surface area contributed by atoms with E-state index in [1.165, 1.54) is 19.3 Å². The Morgan fingerprint density at radius 1 is 1.37 bits per heavy atom. The summed E-state index contributed by atoms with van der Waals surface area (Å²) in [4.78, 5) is 2.48. The van der Waals surface area contributed by atoms with Gasteiger partial charge in [-0.3, -0.25) is 0 Å². The van der Waals surface area contributed by atoms with Crippen LogP contribution in [0, 0.1) is 17.2 Å². The van der Waals surface area contributed by atoms with Gasteiger partial charge in [0, 0.05) is 18.3 Å². The number of benzene rings is 1. The third kappa shape index (κ3) is 2.87. The van der Waals surface area contributed by atoms with Crippen molar-refractivity contribution in [1.82, 2.24) is 0 Å². The smallest absolute Gasteiger partial charge is 0.101 e. The number of nitriles is 1. The summed E-state index contributed by atoms with van der Waals surface area (Å²) < 4.78 is 0. The molecule has 0 amide bonds. The molecule has 19 heavy (non-hydrogen) atoms. The molecule has 1 heterocycles. The molecule has 2 atom stereocenters.